The number of ether oxygens (including phenoxy) is 2. The van der Waals surface area contributed by atoms with Gasteiger partial charge in [-0.15, -0.1) is 0 Å². The minimum atomic E-state index is -0.550. The Labute approximate surface area is 179 Å². The summed E-state index contributed by atoms with van der Waals surface area (Å²) in [5.74, 6) is 0.625. The molecule has 0 spiro atoms. The number of aliphatic hydroxyl groups is 1. The lowest BCUT2D eigenvalue weighted by molar-refractivity contribution is -0.645. The summed E-state index contributed by atoms with van der Waals surface area (Å²) in [5, 5.41) is 21.9. The van der Waals surface area contributed by atoms with Gasteiger partial charge in [-0.05, 0) is 29.3 Å². The number of thioether (sulfide) groups is 1. The Morgan fingerprint density at radius 3 is 2.60 bits per heavy atom. The Bertz CT molecular complexity index is 983. The van der Waals surface area contributed by atoms with Gasteiger partial charge in [-0.3, -0.25) is 0 Å². The topological polar surface area (TPSA) is 91.7 Å². The van der Waals surface area contributed by atoms with Gasteiger partial charge in [0.05, 0.1) is 18.8 Å². The van der Waals surface area contributed by atoms with Gasteiger partial charge in [-0.2, -0.15) is 4.73 Å². The average molecular weight is 425 g/mol. The number of hydrogen-bond acceptors (Lipinski definition) is 6. The fourth-order valence-electron chi connectivity index (χ4n) is 3.43. The second kappa shape index (κ2) is 9.49. The first kappa shape index (κ1) is 20.7. The van der Waals surface area contributed by atoms with Crippen molar-refractivity contribution >= 4 is 17.4 Å². The third-order valence-corrected chi connectivity index (χ3v) is 6.15. The van der Waals surface area contributed by atoms with Gasteiger partial charge in [0.25, 0.3) is 5.03 Å². The molecule has 7 heteroatoms. The average Bonchev–Trinajstić information content (AvgIpc) is 2.78. The second-order valence-corrected chi connectivity index (χ2v) is 8.24. The predicted molar refractivity (Wildman–Crippen MR) is 115 cm³/mol. The van der Waals surface area contributed by atoms with Gasteiger partial charge in [-0.25, -0.2) is 0 Å². The van der Waals surface area contributed by atoms with E-state index in [0.29, 0.717) is 22.9 Å². The summed E-state index contributed by atoms with van der Waals surface area (Å²) < 4.78 is 13.4. The zero-order chi connectivity index (χ0) is 20.9. The summed E-state index contributed by atoms with van der Waals surface area (Å²) >= 11 is 1.47. The SMILES string of the molecule is Nc1cccc([C@@H]2O[C@H](CSc3cccc[n+]3[O-])C[C@H](c3ccc(CO)cc3)O2)c1. The molecular weight excluding hydrogens is 400 g/mol. The lowest BCUT2D eigenvalue weighted by Gasteiger charge is -2.36. The number of rotatable bonds is 6. The first-order chi connectivity index (χ1) is 14.6. The third-order valence-electron chi connectivity index (χ3n) is 5.00. The van der Waals surface area contributed by atoms with Crippen LogP contribution in [0.2, 0.25) is 0 Å². The molecule has 0 radical (unpaired) electrons. The zero-order valence-corrected chi connectivity index (χ0v) is 17.2. The molecule has 3 atom stereocenters. The number of benzene rings is 2. The normalized spacial score (nSPS) is 21.4. The van der Waals surface area contributed by atoms with E-state index in [9.17, 15) is 10.3 Å². The molecule has 156 valence electrons. The van der Waals surface area contributed by atoms with E-state index < -0.39 is 6.29 Å². The highest BCUT2D eigenvalue weighted by Crippen LogP contribution is 2.39. The van der Waals surface area contributed by atoms with E-state index in [1.807, 2.05) is 54.6 Å². The van der Waals surface area contributed by atoms with Gasteiger partial charge in [0.1, 0.15) is 0 Å². The monoisotopic (exact) mass is 424 g/mol. The highest BCUT2D eigenvalue weighted by Gasteiger charge is 2.32. The minimum absolute atomic E-state index is 0.00632. The van der Waals surface area contributed by atoms with Crippen molar-refractivity contribution in [3.05, 3.63) is 94.8 Å². The van der Waals surface area contributed by atoms with Crippen LogP contribution < -0.4 is 10.5 Å². The first-order valence-corrected chi connectivity index (χ1v) is 10.8. The molecule has 30 heavy (non-hydrogen) atoms. The number of nitrogen functional groups attached to an aromatic ring is 1. The summed E-state index contributed by atoms with van der Waals surface area (Å²) in [5.41, 5.74) is 9.35. The van der Waals surface area contributed by atoms with Crippen molar-refractivity contribution < 1.29 is 19.3 Å². The van der Waals surface area contributed by atoms with Crippen LogP contribution in [0.1, 0.15) is 35.5 Å². The first-order valence-electron chi connectivity index (χ1n) is 9.79. The van der Waals surface area contributed by atoms with Crippen LogP contribution in [-0.2, 0) is 16.1 Å². The Morgan fingerprint density at radius 2 is 1.87 bits per heavy atom. The summed E-state index contributed by atoms with van der Waals surface area (Å²) in [6.45, 7) is 0.00632. The molecule has 1 aliphatic heterocycles. The molecule has 0 saturated carbocycles. The molecule has 0 amide bonds. The summed E-state index contributed by atoms with van der Waals surface area (Å²) in [6, 6.07) is 20.6. The largest absolute Gasteiger partial charge is 0.618 e. The second-order valence-electron chi connectivity index (χ2n) is 7.20. The van der Waals surface area contributed by atoms with Crippen LogP contribution in [0.4, 0.5) is 5.69 Å². The molecule has 1 aromatic heterocycles. The van der Waals surface area contributed by atoms with Crippen LogP contribution in [-0.4, -0.2) is 17.0 Å². The van der Waals surface area contributed by atoms with Crippen LogP contribution in [0.3, 0.4) is 0 Å². The molecule has 2 heterocycles. The van der Waals surface area contributed by atoms with Gasteiger partial charge in [0.2, 0.25) is 0 Å². The Kier molecular flexibility index (Phi) is 6.54. The van der Waals surface area contributed by atoms with E-state index in [-0.39, 0.29) is 18.8 Å². The lowest BCUT2D eigenvalue weighted by atomic mass is 10.0. The fourth-order valence-corrected chi connectivity index (χ4v) is 4.37. The number of hydrogen-bond donors (Lipinski definition) is 2. The molecule has 0 unspecified atom stereocenters. The lowest BCUT2D eigenvalue weighted by Crippen LogP contribution is -2.32. The van der Waals surface area contributed by atoms with E-state index >= 15 is 0 Å². The fraction of sp³-hybridized carbons (Fsp3) is 0.261. The molecule has 1 aliphatic rings. The van der Waals surface area contributed by atoms with Crippen molar-refractivity contribution in [2.75, 3.05) is 11.5 Å². The number of anilines is 1. The summed E-state index contributed by atoms with van der Waals surface area (Å²) in [7, 11) is 0. The van der Waals surface area contributed by atoms with Crippen molar-refractivity contribution in [1.82, 2.24) is 0 Å². The maximum atomic E-state index is 12.0. The highest BCUT2D eigenvalue weighted by molar-refractivity contribution is 7.99. The van der Waals surface area contributed by atoms with Crippen molar-refractivity contribution in [2.24, 2.45) is 0 Å². The van der Waals surface area contributed by atoms with Crippen LogP contribution in [0, 0.1) is 5.21 Å². The molecule has 1 fully saturated rings. The standard InChI is InChI=1S/C23H24N2O4S/c24-19-5-3-4-18(12-19)23-28-20(15-30-22-6-1-2-11-25(22)27)13-21(29-23)17-9-7-16(14-26)8-10-17/h1-12,20-21,23,26H,13-15,24H2/t20-,21+,23+/m0/s1. The third kappa shape index (κ3) is 4.94. The maximum absolute atomic E-state index is 12.0. The molecule has 0 bridgehead atoms. The Balaban J connectivity index is 1.54. The van der Waals surface area contributed by atoms with E-state index in [2.05, 4.69) is 0 Å². The molecule has 3 aromatic rings. The smallest absolute Gasteiger partial charge is 0.251 e. The number of nitrogens with two attached hydrogens (primary N) is 1. The summed E-state index contributed by atoms with van der Waals surface area (Å²) in [4.78, 5) is 0. The van der Waals surface area contributed by atoms with Crippen LogP contribution in [0.15, 0.2) is 78.0 Å². The van der Waals surface area contributed by atoms with Crippen molar-refractivity contribution in [2.45, 2.75) is 36.6 Å². The van der Waals surface area contributed by atoms with Gasteiger partial charge >= 0.3 is 0 Å². The number of pyridine rings is 1. The number of aromatic nitrogens is 1. The molecule has 0 aliphatic carbocycles. The van der Waals surface area contributed by atoms with Gasteiger partial charge in [0.15, 0.2) is 12.5 Å². The highest BCUT2D eigenvalue weighted by atomic mass is 32.2. The number of nitrogens with zero attached hydrogens (tertiary/aromatic N) is 1. The van der Waals surface area contributed by atoms with E-state index in [4.69, 9.17) is 15.2 Å². The molecule has 6 nitrogen and oxygen atoms in total. The van der Waals surface area contributed by atoms with Crippen molar-refractivity contribution in [1.29, 1.82) is 0 Å². The van der Waals surface area contributed by atoms with E-state index in [0.717, 1.165) is 21.4 Å². The quantitative estimate of drug-likeness (QED) is 0.271. The van der Waals surface area contributed by atoms with Gasteiger partial charge in [0, 0.05) is 35.6 Å². The molecule has 1 saturated heterocycles. The molecule has 3 N–H and O–H groups in total. The van der Waals surface area contributed by atoms with Crippen LogP contribution in [0.25, 0.3) is 0 Å². The Morgan fingerprint density at radius 1 is 1.03 bits per heavy atom. The molecule has 2 aromatic carbocycles. The number of aliphatic hydroxyl groups excluding tert-OH is 1. The molecule has 4 rings (SSSR count). The van der Waals surface area contributed by atoms with Crippen LogP contribution in [0.5, 0.6) is 0 Å². The maximum Gasteiger partial charge on any atom is 0.251 e. The Hall–Kier alpha value is -2.58. The predicted octanol–water partition coefficient (Wildman–Crippen LogP) is 3.73. The van der Waals surface area contributed by atoms with Gasteiger partial charge < -0.3 is 25.5 Å². The van der Waals surface area contributed by atoms with E-state index in [1.54, 1.807) is 12.1 Å². The zero-order valence-electron chi connectivity index (χ0n) is 16.4. The van der Waals surface area contributed by atoms with Crippen LogP contribution >= 0.6 is 11.8 Å². The summed E-state index contributed by atoms with van der Waals surface area (Å²) in [6.07, 6.45) is 1.33. The minimum Gasteiger partial charge on any atom is -0.618 e. The van der Waals surface area contributed by atoms with Crippen molar-refractivity contribution in [3.63, 3.8) is 0 Å². The van der Waals surface area contributed by atoms with Gasteiger partial charge in [-0.1, -0.05) is 48.2 Å². The van der Waals surface area contributed by atoms with Crippen molar-refractivity contribution in [3.8, 4) is 0 Å². The molecular formula is C23H24N2O4S. The van der Waals surface area contributed by atoms with E-state index in [1.165, 1.54) is 18.0 Å².